The van der Waals surface area contributed by atoms with E-state index in [1.54, 1.807) is 0 Å². The lowest BCUT2D eigenvalue weighted by Crippen LogP contribution is -2.49. The van der Waals surface area contributed by atoms with Crippen molar-refractivity contribution in [1.82, 2.24) is 10.2 Å². The molecule has 1 saturated heterocycles. The van der Waals surface area contributed by atoms with Gasteiger partial charge in [-0.2, -0.15) is 0 Å². The van der Waals surface area contributed by atoms with Crippen LogP contribution in [0.2, 0.25) is 0 Å². The Morgan fingerprint density at radius 1 is 1.25 bits per heavy atom. The van der Waals surface area contributed by atoms with Crippen LogP contribution in [0.5, 0.6) is 0 Å². The highest BCUT2D eigenvalue weighted by Gasteiger charge is 2.32. The molecule has 1 saturated carbocycles. The number of rotatable bonds is 4. The molecular weight excluding hydrogens is 200 g/mol. The molecule has 1 aliphatic heterocycles. The first-order valence-corrected chi connectivity index (χ1v) is 6.84. The topological polar surface area (TPSA) is 32.3 Å². The third-order valence-corrected chi connectivity index (χ3v) is 3.95. The molecular formula is C13H24N2O. The highest BCUT2D eigenvalue weighted by atomic mass is 16.2. The molecule has 0 spiro atoms. The quantitative estimate of drug-likeness (QED) is 0.789. The first-order chi connectivity index (χ1) is 7.83. The van der Waals surface area contributed by atoms with Crippen molar-refractivity contribution in [3.63, 3.8) is 0 Å². The Bertz CT molecular complexity index is 232. The number of nitrogens with zero attached hydrogens (tertiary/aromatic N) is 1. The zero-order valence-electron chi connectivity index (χ0n) is 10.4. The number of carbonyl (C=O) groups is 1. The van der Waals surface area contributed by atoms with E-state index < -0.39 is 0 Å². The van der Waals surface area contributed by atoms with Gasteiger partial charge in [-0.15, -0.1) is 0 Å². The maximum atomic E-state index is 12.3. The highest BCUT2D eigenvalue weighted by molar-refractivity contribution is 5.79. The molecule has 0 aromatic carbocycles. The van der Waals surface area contributed by atoms with E-state index in [1.807, 2.05) is 0 Å². The molecule has 0 aromatic heterocycles. The summed E-state index contributed by atoms with van der Waals surface area (Å²) >= 11 is 0. The maximum Gasteiger partial charge on any atom is 0.225 e. The number of amides is 1. The lowest BCUT2D eigenvalue weighted by Gasteiger charge is -2.38. The average Bonchev–Trinajstić information content (AvgIpc) is 2.24. The molecule has 0 aromatic rings. The minimum atomic E-state index is 0.362. The molecule has 1 amide bonds. The summed E-state index contributed by atoms with van der Waals surface area (Å²) in [6.07, 6.45) is 6.87. The first-order valence-electron chi connectivity index (χ1n) is 6.84. The van der Waals surface area contributed by atoms with Crippen LogP contribution in [0.25, 0.3) is 0 Å². The average molecular weight is 224 g/mol. The van der Waals surface area contributed by atoms with Gasteiger partial charge < -0.3 is 10.2 Å². The monoisotopic (exact) mass is 224 g/mol. The molecule has 1 N–H and O–H groups in total. The van der Waals surface area contributed by atoms with Crippen LogP contribution in [0.15, 0.2) is 0 Å². The van der Waals surface area contributed by atoms with E-state index in [0.717, 1.165) is 51.7 Å². The van der Waals surface area contributed by atoms with E-state index in [2.05, 4.69) is 17.1 Å². The van der Waals surface area contributed by atoms with Gasteiger partial charge in [-0.1, -0.05) is 13.3 Å². The third kappa shape index (κ3) is 2.57. The molecule has 2 fully saturated rings. The van der Waals surface area contributed by atoms with E-state index in [0.29, 0.717) is 17.9 Å². The lowest BCUT2D eigenvalue weighted by molar-refractivity contribution is -0.141. The van der Waals surface area contributed by atoms with Crippen LogP contribution in [0.3, 0.4) is 0 Å². The summed E-state index contributed by atoms with van der Waals surface area (Å²) in [5.41, 5.74) is 0. The molecule has 0 atom stereocenters. The highest BCUT2D eigenvalue weighted by Crippen LogP contribution is 2.29. The van der Waals surface area contributed by atoms with E-state index in [9.17, 15) is 4.79 Å². The van der Waals surface area contributed by atoms with Gasteiger partial charge in [0.05, 0.1) is 0 Å². The van der Waals surface area contributed by atoms with Crippen LogP contribution in [0, 0.1) is 5.92 Å². The number of hydrogen-bond acceptors (Lipinski definition) is 2. The zero-order chi connectivity index (χ0) is 11.4. The summed E-state index contributed by atoms with van der Waals surface area (Å²) in [7, 11) is 0. The van der Waals surface area contributed by atoms with Gasteiger partial charge in [-0.25, -0.2) is 0 Å². The minimum Gasteiger partial charge on any atom is -0.339 e. The normalized spacial score (nSPS) is 22.8. The summed E-state index contributed by atoms with van der Waals surface area (Å²) in [6.45, 7) is 5.27. The summed E-state index contributed by atoms with van der Waals surface area (Å²) in [5, 5.41) is 3.37. The number of piperidine rings is 1. The van der Waals surface area contributed by atoms with E-state index >= 15 is 0 Å². The molecule has 1 heterocycles. The Labute approximate surface area is 98.6 Å². The van der Waals surface area contributed by atoms with Crippen LogP contribution in [-0.4, -0.2) is 36.5 Å². The molecule has 2 rings (SSSR count). The Balaban J connectivity index is 1.93. The van der Waals surface area contributed by atoms with Crippen molar-refractivity contribution in [3.05, 3.63) is 0 Å². The second-order valence-corrected chi connectivity index (χ2v) is 5.14. The Hall–Kier alpha value is -0.570. The molecule has 1 aliphatic carbocycles. The van der Waals surface area contributed by atoms with Crippen molar-refractivity contribution in [3.8, 4) is 0 Å². The molecule has 92 valence electrons. The second kappa shape index (κ2) is 5.67. The SMILES string of the molecule is CCCN(C(=O)C1CCC1)C1CCNCC1. The van der Waals surface area contributed by atoms with Crippen molar-refractivity contribution < 1.29 is 4.79 Å². The fourth-order valence-corrected chi connectivity index (χ4v) is 2.72. The van der Waals surface area contributed by atoms with Gasteiger partial charge >= 0.3 is 0 Å². The van der Waals surface area contributed by atoms with Crippen molar-refractivity contribution in [2.24, 2.45) is 5.92 Å². The summed E-state index contributed by atoms with van der Waals surface area (Å²) in [5.74, 6) is 0.807. The van der Waals surface area contributed by atoms with Gasteiger partial charge in [0.2, 0.25) is 5.91 Å². The Kier molecular flexibility index (Phi) is 4.22. The maximum absolute atomic E-state index is 12.3. The largest absolute Gasteiger partial charge is 0.339 e. The molecule has 0 unspecified atom stereocenters. The van der Waals surface area contributed by atoms with Crippen molar-refractivity contribution in [2.45, 2.75) is 51.5 Å². The smallest absolute Gasteiger partial charge is 0.225 e. The Morgan fingerprint density at radius 3 is 2.44 bits per heavy atom. The van der Waals surface area contributed by atoms with E-state index in [4.69, 9.17) is 0 Å². The van der Waals surface area contributed by atoms with Gasteiger partial charge in [-0.3, -0.25) is 4.79 Å². The fourth-order valence-electron chi connectivity index (χ4n) is 2.72. The molecule has 2 aliphatic rings. The summed E-state index contributed by atoms with van der Waals surface area (Å²) < 4.78 is 0. The number of nitrogens with one attached hydrogen (secondary N) is 1. The predicted molar refractivity (Wildman–Crippen MR) is 65.2 cm³/mol. The van der Waals surface area contributed by atoms with Gasteiger partial charge in [0.15, 0.2) is 0 Å². The van der Waals surface area contributed by atoms with Gasteiger partial charge in [0.25, 0.3) is 0 Å². The zero-order valence-corrected chi connectivity index (χ0v) is 10.4. The van der Waals surface area contributed by atoms with Gasteiger partial charge in [0, 0.05) is 18.5 Å². The molecule has 3 heteroatoms. The van der Waals surface area contributed by atoms with E-state index in [-0.39, 0.29) is 0 Å². The molecule has 16 heavy (non-hydrogen) atoms. The molecule has 0 radical (unpaired) electrons. The Morgan fingerprint density at radius 2 is 1.94 bits per heavy atom. The summed E-state index contributed by atoms with van der Waals surface area (Å²) in [4.78, 5) is 14.5. The lowest BCUT2D eigenvalue weighted by atomic mass is 9.83. The molecule has 3 nitrogen and oxygen atoms in total. The standard InChI is InChI=1S/C13H24N2O/c1-2-10-15(12-6-8-14-9-7-12)13(16)11-4-3-5-11/h11-12,14H,2-10H2,1H3. The number of hydrogen-bond donors (Lipinski definition) is 1. The number of carbonyl (C=O) groups excluding carboxylic acids is 1. The van der Waals surface area contributed by atoms with Crippen molar-refractivity contribution in [1.29, 1.82) is 0 Å². The van der Waals surface area contributed by atoms with Crippen LogP contribution in [0.1, 0.15) is 45.4 Å². The minimum absolute atomic E-state index is 0.362. The van der Waals surface area contributed by atoms with Crippen molar-refractivity contribution >= 4 is 5.91 Å². The van der Waals surface area contributed by atoms with E-state index in [1.165, 1.54) is 6.42 Å². The van der Waals surface area contributed by atoms with Crippen LogP contribution in [0.4, 0.5) is 0 Å². The van der Waals surface area contributed by atoms with Gasteiger partial charge in [-0.05, 0) is 45.2 Å². The fraction of sp³-hybridized carbons (Fsp3) is 0.923. The van der Waals surface area contributed by atoms with Crippen LogP contribution < -0.4 is 5.32 Å². The van der Waals surface area contributed by atoms with Gasteiger partial charge in [0.1, 0.15) is 0 Å². The predicted octanol–water partition coefficient (Wildman–Crippen LogP) is 1.78. The van der Waals surface area contributed by atoms with Crippen molar-refractivity contribution in [2.75, 3.05) is 19.6 Å². The van der Waals surface area contributed by atoms with Crippen LogP contribution in [-0.2, 0) is 4.79 Å². The third-order valence-electron chi connectivity index (χ3n) is 3.95. The first kappa shape index (κ1) is 11.9. The summed E-state index contributed by atoms with van der Waals surface area (Å²) in [6, 6.07) is 0.509. The molecule has 0 bridgehead atoms. The second-order valence-electron chi connectivity index (χ2n) is 5.14. The van der Waals surface area contributed by atoms with Crippen LogP contribution >= 0.6 is 0 Å².